The first-order valence-corrected chi connectivity index (χ1v) is 10.7. The first kappa shape index (κ1) is 19.4. The summed E-state index contributed by atoms with van der Waals surface area (Å²) in [6.45, 7) is 4.97. The Morgan fingerprint density at radius 3 is 2.16 bits per heavy atom. The highest BCUT2D eigenvalue weighted by atomic mass is 16.3. The van der Waals surface area contributed by atoms with Crippen molar-refractivity contribution >= 4 is 0 Å². The molecule has 5 rings (SSSR count). The second-order valence-corrected chi connectivity index (χ2v) is 8.42. The molecule has 156 valence electrons. The lowest BCUT2D eigenvalue weighted by atomic mass is 9.83. The highest BCUT2D eigenvalue weighted by molar-refractivity contribution is 5.62. The number of rotatable bonds is 4. The van der Waals surface area contributed by atoms with Gasteiger partial charge in [-0.05, 0) is 17.0 Å². The van der Waals surface area contributed by atoms with Crippen LogP contribution in [0.25, 0.3) is 11.5 Å². The zero-order valence-corrected chi connectivity index (χ0v) is 17.6. The van der Waals surface area contributed by atoms with Gasteiger partial charge in [-0.15, -0.1) is 0 Å². The van der Waals surface area contributed by atoms with Gasteiger partial charge in [0.2, 0.25) is 5.43 Å². The first-order valence-electron chi connectivity index (χ1n) is 10.7. The number of pyridine rings is 1. The van der Waals surface area contributed by atoms with Crippen molar-refractivity contribution < 1.29 is 5.11 Å². The quantitative estimate of drug-likeness (QED) is 0.518. The molecule has 31 heavy (non-hydrogen) atoms. The number of fused-ring (bicyclic) bond motifs is 3. The van der Waals surface area contributed by atoms with Gasteiger partial charge in [0.25, 0.3) is 0 Å². The summed E-state index contributed by atoms with van der Waals surface area (Å²) in [5.74, 6) is 0.723. The van der Waals surface area contributed by atoms with Crippen LogP contribution in [0.1, 0.15) is 48.5 Å². The molecule has 5 heteroatoms. The maximum Gasteiger partial charge on any atom is 0.223 e. The highest BCUT2D eigenvalue weighted by Gasteiger charge is 2.35. The summed E-state index contributed by atoms with van der Waals surface area (Å²) >= 11 is 0. The van der Waals surface area contributed by atoms with E-state index in [1.165, 1.54) is 17.2 Å². The number of aromatic hydroxyl groups is 1. The van der Waals surface area contributed by atoms with Gasteiger partial charge in [0, 0.05) is 36.6 Å². The van der Waals surface area contributed by atoms with Gasteiger partial charge in [-0.25, -0.2) is 4.98 Å². The Morgan fingerprint density at radius 2 is 1.58 bits per heavy atom. The van der Waals surface area contributed by atoms with Crippen molar-refractivity contribution in [2.45, 2.75) is 38.3 Å². The summed E-state index contributed by atoms with van der Waals surface area (Å²) in [7, 11) is 0. The van der Waals surface area contributed by atoms with Gasteiger partial charge < -0.3 is 14.2 Å². The van der Waals surface area contributed by atoms with Crippen LogP contribution in [-0.4, -0.2) is 19.2 Å². The molecule has 0 amide bonds. The fourth-order valence-corrected chi connectivity index (χ4v) is 4.77. The molecule has 2 aromatic carbocycles. The molecule has 1 aliphatic rings. The zero-order chi connectivity index (χ0) is 21.5. The lowest BCUT2D eigenvalue weighted by molar-refractivity contribution is 0.357. The van der Waals surface area contributed by atoms with Gasteiger partial charge in [-0.2, -0.15) is 0 Å². The molecule has 0 saturated carbocycles. The van der Waals surface area contributed by atoms with Crippen molar-refractivity contribution in [2.24, 2.45) is 0 Å². The molecule has 4 aromatic rings. The molecule has 1 aliphatic heterocycles. The predicted molar refractivity (Wildman–Crippen MR) is 121 cm³/mol. The predicted octanol–water partition coefficient (Wildman–Crippen LogP) is 4.93. The molecular weight excluding hydrogens is 386 g/mol. The van der Waals surface area contributed by atoms with E-state index in [0.717, 1.165) is 5.69 Å². The zero-order valence-electron chi connectivity index (χ0n) is 17.6. The number of aromatic nitrogens is 3. The van der Waals surface area contributed by atoms with E-state index in [2.05, 4.69) is 71.9 Å². The lowest BCUT2D eigenvalue weighted by Crippen LogP contribution is -2.31. The third kappa shape index (κ3) is 3.17. The molecule has 0 unspecified atom stereocenters. The van der Waals surface area contributed by atoms with Crippen molar-refractivity contribution in [1.29, 1.82) is 0 Å². The van der Waals surface area contributed by atoms with Crippen molar-refractivity contribution in [1.82, 2.24) is 14.1 Å². The van der Waals surface area contributed by atoms with Gasteiger partial charge in [0.15, 0.2) is 11.6 Å². The van der Waals surface area contributed by atoms with Crippen LogP contribution in [0.2, 0.25) is 0 Å². The first-order chi connectivity index (χ1) is 15.1. The third-order valence-corrected chi connectivity index (χ3v) is 6.22. The summed E-state index contributed by atoms with van der Waals surface area (Å²) in [6.07, 6.45) is 3.66. The van der Waals surface area contributed by atoms with Crippen molar-refractivity contribution in [3.63, 3.8) is 0 Å². The molecule has 0 saturated heterocycles. The fraction of sp³-hybridized carbons (Fsp3) is 0.231. The Labute approximate surface area is 181 Å². The summed E-state index contributed by atoms with van der Waals surface area (Å²) in [4.78, 5) is 17.0. The molecule has 1 N–H and O–H groups in total. The average Bonchev–Trinajstić information content (AvgIpc) is 3.22. The summed E-state index contributed by atoms with van der Waals surface area (Å²) in [5.41, 5.74) is 3.59. The molecule has 1 atom stereocenters. The number of benzene rings is 2. The van der Waals surface area contributed by atoms with Crippen LogP contribution < -0.4 is 5.43 Å². The Kier molecular flexibility index (Phi) is 4.74. The van der Waals surface area contributed by atoms with Crippen LogP contribution >= 0.6 is 0 Å². The molecular formula is C26H25N3O2. The SMILES string of the molecule is CC(C)c1cnc2n1C[C@H](C(c1ccccc1)c1ccccc1)n1ccc(=O)c(O)c1-2. The van der Waals surface area contributed by atoms with Gasteiger partial charge in [-0.1, -0.05) is 74.5 Å². The molecule has 0 fully saturated rings. The van der Waals surface area contributed by atoms with E-state index < -0.39 is 0 Å². The normalized spacial score (nSPS) is 15.2. The van der Waals surface area contributed by atoms with E-state index in [4.69, 9.17) is 0 Å². The van der Waals surface area contributed by atoms with Crippen LogP contribution in [0.15, 0.2) is 83.9 Å². The van der Waals surface area contributed by atoms with Crippen molar-refractivity contribution in [2.75, 3.05) is 0 Å². The van der Waals surface area contributed by atoms with E-state index >= 15 is 0 Å². The minimum absolute atomic E-state index is 0.0366. The topological polar surface area (TPSA) is 60.0 Å². The monoisotopic (exact) mass is 411 g/mol. The van der Waals surface area contributed by atoms with E-state index in [1.54, 1.807) is 6.20 Å². The van der Waals surface area contributed by atoms with Crippen molar-refractivity contribution in [3.05, 3.63) is 106 Å². The smallest absolute Gasteiger partial charge is 0.223 e. The summed E-state index contributed by atoms with van der Waals surface area (Å²) in [5, 5.41) is 10.8. The third-order valence-electron chi connectivity index (χ3n) is 6.22. The second kappa shape index (κ2) is 7.58. The average molecular weight is 412 g/mol. The second-order valence-electron chi connectivity index (χ2n) is 8.42. The molecule has 5 nitrogen and oxygen atoms in total. The standard InChI is InChI=1S/C26H25N3O2/c1-17(2)20-15-27-26-24-25(31)22(30)13-14-28(24)21(16-29(20)26)23(18-9-5-3-6-10-18)19-11-7-4-8-12-19/h3-15,17,21,23,31H,16H2,1-2H3/t21-/m1/s1. The molecule has 3 heterocycles. The van der Waals surface area contributed by atoms with Crippen LogP contribution in [0.5, 0.6) is 5.75 Å². The lowest BCUT2D eigenvalue weighted by Gasteiger charge is -2.37. The van der Waals surface area contributed by atoms with Gasteiger partial charge >= 0.3 is 0 Å². The number of imidazole rings is 1. The maximum atomic E-state index is 12.4. The van der Waals surface area contributed by atoms with E-state index in [9.17, 15) is 9.90 Å². The molecule has 0 spiro atoms. The molecule has 0 bridgehead atoms. The molecule has 0 radical (unpaired) electrons. The van der Waals surface area contributed by atoms with Gasteiger partial charge in [0.1, 0.15) is 5.69 Å². The minimum Gasteiger partial charge on any atom is -0.503 e. The minimum atomic E-state index is -0.386. The van der Waals surface area contributed by atoms with E-state index in [0.29, 0.717) is 18.1 Å². The highest BCUT2D eigenvalue weighted by Crippen LogP contribution is 2.44. The summed E-state index contributed by atoms with van der Waals surface area (Å²) < 4.78 is 4.20. The largest absolute Gasteiger partial charge is 0.503 e. The van der Waals surface area contributed by atoms with E-state index in [-0.39, 0.29) is 29.1 Å². The van der Waals surface area contributed by atoms with Crippen molar-refractivity contribution in [3.8, 4) is 17.3 Å². The Hall–Kier alpha value is -3.60. The van der Waals surface area contributed by atoms with Crippen LogP contribution in [0.3, 0.4) is 0 Å². The number of hydrogen-bond acceptors (Lipinski definition) is 3. The van der Waals surface area contributed by atoms with Gasteiger partial charge in [-0.3, -0.25) is 4.79 Å². The Bertz CT molecular complexity index is 1230. The molecule has 2 aromatic heterocycles. The van der Waals surface area contributed by atoms with Crippen LogP contribution in [0.4, 0.5) is 0 Å². The summed E-state index contributed by atoms with van der Waals surface area (Å²) in [6, 6.07) is 22.3. The molecule has 0 aliphatic carbocycles. The Balaban J connectivity index is 1.78. The van der Waals surface area contributed by atoms with E-state index in [1.807, 2.05) is 22.9 Å². The fourth-order valence-electron chi connectivity index (χ4n) is 4.77. The maximum absolute atomic E-state index is 12.4. The Morgan fingerprint density at radius 1 is 0.968 bits per heavy atom. The van der Waals surface area contributed by atoms with Crippen LogP contribution in [0, 0.1) is 0 Å². The van der Waals surface area contributed by atoms with Crippen LogP contribution in [-0.2, 0) is 6.54 Å². The number of hydrogen-bond donors (Lipinski definition) is 1. The number of nitrogens with zero attached hydrogens (tertiary/aromatic N) is 3. The van der Waals surface area contributed by atoms with Gasteiger partial charge in [0.05, 0.1) is 6.04 Å².